The van der Waals surface area contributed by atoms with E-state index in [9.17, 15) is 18.0 Å². The summed E-state index contributed by atoms with van der Waals surface area (Å²) in [6.45, 7) is 2.31. The van der Waals surface area contributed by atoms with Gasteiger partial charge in [-0.3, -0.25) is 0 Å². The Labute approximate surface area is 197 Å². The van der Waals surface area contributed by atoms with E-state index in [-0.39, 0.29) is 0 Å². The third kappa shape index (κ3) is 3.70. The van der Waals surface area contributed by atoms with Crippen LogP contribution < -0.4 is 0 Å². The normalized spacial score (nSPS) is 23.8. The van der Waals surface area contributed by atoms with Gasteiger partial charge in [-0.25, -0.2) is 4.79 Å². The largest absolute Gasteiger partial charge is 0.490 e. The number of piperidine rings is 3. The van der Waals surface area contributed by atoms with Gasteiger partial charge in [0.15, 0.2) is 5.60 Å². The van der Waals surface area contributed by atoms with Gasteiger partial charge < -0.3 is 9.64 Å². The smallest absolute Gasteiger partial charge is 0.442 e. The van der Waals surface area contributed by atoms with Gasteiger partial charge in [-0.05, 0) is 50.0 Å². The second kappa shape index (κ2) is 8.58. The van der Waals surface area contributed by atoms with Gasteiger partial charge in [-0.15, -0.1) is 0 Å². The molecule has 6 rings (SSSR count). The van der Waals surface area contributed by atoms with E-state index in [1.54, 1.807) is 24.3 Å². The molecule has 34 heavy (non-hydrogen) atoms. The maximum atomic E-state index is 13.8. The summed E-state index contributed by atoms with van der Waals surface area (Å²) in [4.78, 5) is 15.0. The van der Waals surface area contributed by atoms with Gasteiger partial charge in [0.25, 0.3) is 0 Å². The van der Waals surface area contributed by atoms with E-state index in [1.807, 2.05) is 60.7 Å². The van der Waals surface area contributed by atoms with E-state index < -0.39 is 23.2 Å². The summed E-state index contributed by atoms with van der Waals surface area (Å²) in [5.74, 6) is -2.15. The van der Waals surface area contributed by atoms with Crippen LogP contribution in [0.25, 0.3) is 11.1 Å². The lowest BCUT2D eigenvalue weighted by Gasteiger charge is -2.58. The molecule has 3 nitrogen and oxygen atoms in total. The molecule has 2 bridgehead atoms. The van der Waals surface area contributed by atoms with Crippen molar-refractivity contribution in [2.24, 2.45) is 5.41 Å². The number of esters is 1. The molecule has 3 fully saturated rings. The Morgan fingerprint density at radius 3 is 1.88 bits per heavy atom. The molecule has 3 aliphatic rings. The molecule has 3 heterocycles. The minimum atomic E-state index is -5.10. The lowest BCUT2D eigenvalue weighted by Crippen LogP contribution is -2.60. The van der Waals surface area contributed by atoms with Gasteiger partial charge in [0.2, 0.25) is 0 Å². The van der Waals surface area contributed by atoms with Crippen molar-refractivity contribution in [3.63, 3.8) is 0 Å². The molecule has 3 aromatic rings. The highest BCUT2D eigenvalue weighted by molar-refractivity contribution is 5.78. The number of halogens is 3. The van der Waals surface area contributed by atoms with Crippen molar-refractivity contribution in [2.75, 3.05) is 19.6 Å². The molecule has 6 heteroatoms. The zero-order valence-electron chi connectivity index (χ0n) is 18.7. The molecule has 0 N–H and O–H groups in total. The van der Waals surface area contributed by atoms with Crippen LogP contribution in [0.15, 0.2) is 84.9 Å². The maximum Gasteiger partial charge on any atom is 0.490 e. The summed E-state index contributed by atoms with van der Waals surface area (Å²) in [5.41, 5.74) is 0.566. The van der Waals surface area contributed by atoms with E-state index in [0.717, 1.165) is 30.8 Å². The Balaban J connectivity index is 1.83. The fraction of sp³-hybridized carbons (Fsp3) is 0.321. The summed E-state index contributed by atoms with van der Waals surface area (Å²) in [6.07, 6.45) is -3.16. The predicted octanol–water partition coefficient (Wildman–Crippen LogP) is 6.19. The zero-order chi connectivity index (χ0) is 23.8. The second-order valence-corrected chi connectivity index (χ2v) is 9.22. The predicted molar refractivity (Wildman–Crippen MR) is 124 cm³/mol. The third-order valence-corrected chi connectivity index (χ3v) is 7.52. The van der Waals surface area contributed by atoms with Crippen molar-refractivity contribution in [3.8, 4) is 11.1 Å². The van der Waals surface area contributed by atoms with Gasteiger partial charge in [-0.1, -0.05) is 84.9 Å². The van der Waals surface area contributed by atoms with E-state index in [0.29, 0.717) is 30.4 Å². The fourth-order valence-electron chi connectivity index (χ4n) is 5.85. The van der Waals surface area contributed by atoms with Gasteiger partial charge in [-0.2, -0.15) is 13.2 Å². The number of ether oxygens (including phenoxy) is 1. The van der Waals surface area contributed by atoms with Crippen molar-refractivity contribution < 1.29 is 22.7 Å². The molecular formula is C28H26F3NO2. The van der Waals surface area contributed by atoms with Gasteiger partial charge >= 0.3 is 12.1 Å². The number of benzene rings is 3. The van der Waals surface area contributed by atoms with Crippen LogP contribution in [-0.2, 0) is 15.1 Å². The summed E-state index contributed by atoms with van der Waals surface area (Å²) in [5, 5.41) is 0. The molecule has 3 aromatic carbocycles. The molecule has 176 valence electrons. The molecule has 0 radical (unpaired) electrons. The molecule has 0 spiro atoms. The minimum Gasteiger partial charge on any atom is -0.442 e. The second-order valence-electron chi connectivity index (χ2n) is 9.22. The van der Waals surface area contributed by atoms with Crippen molar-refractivity contribution in [1.29, 1.82) is 0 Å². The Kier molecular flexibility index (Phi) is 5.72. The van der Waals surface area contributed by atoms with E-state index in [1.165, 1.54) is 0 Å². The number of hydrogen-bond acceptors (Lipinski definition) is 3. The SMILES string of the molecule is O=C(OC(c1ccccc1)(c1ccccc1-c1ccccc1)C12CCN(CC1)CC2)C(F)(F)F. The first-order valence-electron chi connectivity index (χ1n) is 11.6. The monoisotopic (exact) mass is 465 g/mol. The first-order chi connectivity index (χ1) is 16.4. The average Bonchev–Trinajstić information content (AvgIpc) is 2.88. The van der Waals surface area contributed by atoms with E-state index in [2.05, 4.69) is 4.90 Å². The number of fused-ring (bicyclic) bond motifs is 3. The van der Waals surface area contributed by atoms with E-state index in [4.69, 9.17) is 4.74 Å². The molecule has 3 saturated heterocycles. The first kappa shape index (κ1) is 22.7. The van der Waals surface area contributed by atoms with Gasteiger partial charge in [0, 0.05) is 16.5 Å². The number of alkyl halides is 3. The fourth-order valence-corrected chi connectivity index (χ4v) is 5.85. The highest BCUT2D eigenvalue weighted by atomic mass is 19.4. The van der Waals surface area contributed by atoms with Crippen molar-refractivity contribution in [3.05, 3.63) is 96.1 Å². The zero-order valence-corrected chi connectivity index (χ0v) is 18.7. The van der Waals surface area contributed by atoms with Crippen LogP contribution in [0.2, 0.25) is 0 Å². The minimum absolute atomic E-state index is 0.575. The van der Waals surface area contributed by atoms with Crippen molar-refractivity contribution in [1.82, 2.24) is 4.90 Å². The number of carbonyl (C=O) groups excluding carboxylic acids is 1. The Morgan fingerprint density at radius 1 is 0.765 bits per heavy atom. The third-order valence-electron chi connectivity index (χ3n) is 7.52. The topological polar surface area (TPSA) is 29.5 Å². The number of nitrogens with zero attached hydrogens (tertiary/aromatic N) is 1. The van der Waals surface area contributed by atoms with Crippen LogP contribution in [0.3, 0.4) is 0 Å². The average molecular weight is 466 g/mol. The first-order valence-corrected chi connectivity index (χ1v) is 11.6. The summed E-state index contributed by atoms with van der Waals surface area (Å²) in [6, 6.07) is 26.0. The highest BCUT2D eigenvalue weighted by Crippen LogP contribution is 2.59. The number of rotatable bonds is 5. The Bertz CT molecular complexity index is 1140. The summed E-state index contributed by atoms with van der Waals surface area (Å²) < 4.78 is 47.1. The van der Waals surface area contributed by atoms with Crippen LogP contribution in [0.4, 0.5) is 13.2 Å². The molecule has 1 atom stereocenters. The lowest BCUT2D eigenvalue weighted by atomic mass is 9.56. The van der Waals surface area contributed by atoms with Crippen LogP contribution in [-0.4, -0.2) is 36.7 Å². The standard InChI is InChI=1S/C28H26F3NO2/c29-28(30,31)25(33)34-27(22-11-5-2-6-12-22,26-15-18-32(19-16-26)20-17-26)24-14-8-7-13-23(24)21-9-3-1-4-10-21/h1-14H,15-20H2. The highest BCUT2D eigenvalue weighted by Gasteiger charge is 2.61. The number of hydrogen-bond donors (Lipinski definition) is 0. The molecule has 0 saturated carbocycles. The molecule has 0 amide bonds. The molecule has 1 unspecified atom stereocenters. The van der Waals surface area contributed by atoms with Crippen LogP contribution in [0, 0.1) is 5.41 Å². The van der Waals surface area contributed by atoms with E-state index >= 15 is 0 Å². The maximum absolute atomic E-state index is 13.8. The Hall–Kier alpha value is -3.12. The van der Waals surface area contributed by atoms with Gasteiger partial charge in [0.05, 0.1) is 0 Å². The summed E-state index contributed by atoms with van der Waals surface area (Å²) >= 11 is 0. The van der Waals surface area contributed by atoms with Crippen LogP contribution in [0.5, 0.6) is 0 Å². The number of carbonyl (C=O) groups is 1. The molecule has 3 aliphatic heterocycles. The Morgan fingerprint density at radius 2 is 1.29 bits per heavy atom. The molecule has 0 aromatic heterocycles. The van der Waals surface area contributed by atoms with Crippen LogP contribution >= 0.6 is 0 Å². The molecule has 0 aliphatic carbocycles. The van der Waals surface area contributed by atoms with Gasteiger partial charge in [0.1, 0.15) is 0 Å². The quantitative estimate of drug-likeness (QED) is 0.421. The van der Waals surface area contributed by atoms with Crippen LogP contribution in [0.1, 0.15) is 30.4 Å². The summed E-state index contributed by atoms with van der Waals surface area (Å²) in [7, 11) is 0. The molecular weight excluding hydrogens is 439 g/mol. The van der Waals surface area contributed by atoms with Crippen molar-refractivity contribution in [2.45, 2.75) is 31.0 Å². The van der Waals surface area contributed by atoms with Crippen molar-refractivity contribution >= 4 is 5.97 Å². The lowest BCUT2D eigenvalue weighted by molar-refractivity contribution is -0.230.